The van der Waals surface area contributed by atoms with Gasteiger partial charge in [0.2, 0.25) is 0 Å². The second kappa shape index (κ2) is 6.17. The third-order valence-electron chi connectivity index (χ3n) is 3.20. The number of aromatic nitrogens is 2. The lowest BCUT2D eigenvalue weighted by atomic mass is 10.2. The Balaban J connectivity index is 2.33. The molecule has 4 N–H and O–H groups in total. The first-order chi connectivity index (χ1) is 10.1. The Labute approximate surface area is 121 Å². The smallest absolute Gasteiger partial charge is 0.330 e. The van der Waals surface area contributed by atoms with E-state index in [4.69, 9.17) is 10.5 Å². The second-order valence-electron chi connectivity index (χ2n) is 4.43. The largest absolute Gasteiger partial charge is 0.496 e. The van der Waals surface area contributed by atoms with Crippen molar-refractivity contribution in [3.05, 3.63) is 50.7 Å². The Bertz CT molecular complexity index is 749. The van der Waals surface area contributed by atoms with Crippen LogP contribution in [0.4, 0.5) is 11.5 Å². The van der Waals surface area contributed by atoms with Crippen molar-refractivity contribution in [2.45, 2.75) is 20.0 Å². The fourth-order valence-corrected chi connectivity index (χ4v) is 2.11. The molecule has 7 nitrogen and oxygen atoms in total. The fraction of sp³-hybridized carbons (Fsp3) is 0.286. The van der Waals surface area contributed by atoms with Crippen LogP contribution in [0.15, 0.2) is 33.9 Å². The Morgan fingerprint density at radius 1 is 1.33 bits per heavy atom. The van der Waals surface area contributed by atoms with Crippen LogP contribution in [0.2, 0.25) is 0 Å². The minimum atomic E-state index is -0.530. The second-order valence-corrected chi connectivity index (χ2v) is 4.43. The van der Waals surface area contributed by atoms with Gasteiger partial charge in [-0.3, -0.25) is 14.3 Å². The summed E-state index contributed by atoms with van der Waals surface area (Å²) in [4.78, 5) is 25.7. The fourth-order valence-electron chi connectivity index (χ4n) is 2.11. The van der Waals surface area contributed by atoms with Gasteiger partial charge in [0.05, 0.1) is 7.11 Å². The van der Waals surface area contributed by atoms with E-state index < -0.39 is 11.2 Å². The molecule has 0 aliphatic carbocycles. The molecule has 7 heteroatoms. The van der Waals surface area contributed by atoms with E-state index in [0.29, 0.717) is 18.8 Å². The first kappa shape index (κ1) is 14.7. The van der Waals surface area contributed by atoms with Crippen LogP contribution < -0.4 is 27.0 Å². The summed E-state index contributed by atoms with van der Waals surface area (Å²) in [5, 5.41) is 2.97. The summed E-state index contributed by atoms with van der Waals surface area (Å²) in [7, 11) is 1.58. The number of rotatable bonds is 5. The van der Waals surface area contributed by atoms with Crippen LogP contribution in [-0.4, -0.2) is 16.7 Å². The maximum Gasteiger partial charge on any atom is 0.330 e. The molecular weight excluding hydrogens is 272 g/mol. The minimum Gasteiger partial charge on any atom is -0.496 e. The van der Waals surface area contributed by atoms with E-state index in [-0.39, 0.29) is 11.5 Å². The number of ether oxygens (including phenoxy) is 1. The molecule has 0 unspecified atom stereocenters. The molecule has 0 radical (unpaired) electrons. The standard InChI is InChI=1S/C14H18N4O3/c1-3-18-12(15)11(13(19)17-14(18)20)16-8-9-6-4-5-7-10(9)21-2/h4-7,16H,3,8,15H2,1-2H3,(H,17,19,20). The Hall–Kier alpha value is -2.70. The molecule has 2 aromatic rings. The average molecular weight is 290 g/mol. The lowest BCUT2D eigenvalue weighted by molar-refractivity contribution is 0.410. The summed E-state index contributed by atoms with van der Waals surface area (Å²) < 4.78 is 6.54. The van der Waals surface area contributed by atoms with Crippen LogP contribution in [0.5, 0.6) is 5.75 Å². The average Bonchev–Trinajstić information content (AvgIpc) is 2.47. The molecule has 2 rings (SSSR count). The Kier molecular flexibility index (Phi) is 4.32. The van der Waals surface area contributed by atoms with E-state index in [1.165, 1.54) is 4.57 Å². The zero-order chi connectivity index (χ0) is 15.4. The highest BCUT2D eigenvalue weighted by atomic mass is 16.5. The van der Waals surface area contributed by atoms with Crippen molar-refractivity contribution in [3.8, 4) is 5.75 Å². The zero-order valence-corrected chi connectivity index (χ0v) is 12.0. The molecule has 21 heavy (non-hydrogen) atoms. The van der Waals surface area contributed by atoms with Gasteiger partial charge in [-0.05, 0) is 13.0 Å². The quantitative estimate of drug-likeness (QED) is 0.754. The first-order valence-corrected chi connectivity index (χ1v) is 6.56. The van der Waals surface area contributed by atoms with Crippen molar-refractivity contribution >= 4 is 11.5 Å². The molecule has 0 fully saturated rings. The maximum absolute atomic E-state index is 11.9. The number of para-hydroxylation sites is 1. The monoisotopic (exact) mass is 290 g/mol. The predicted octanol–water partition coefficient (Wildman–Crippen LogP) is 0.759. The number of hydrogen-bond acceptors (Lipinski definition) is 5. The number of nitrogen functional groups attached to an aromatic ring is 1. The first-order valence-electron chi connectivity index (χ1n) is 6.56. The van der Waals surface area contributed by atoms with E-state index in [2.05, 4.69) is 10.3 Å². The molecule has 0 bridgehead atoms. The Morgan fingerprint density at radius 3 is 2.71 bits per heavy atom. The molecule has 0 saturated carbocycles. The molecule has 112 valence electrons. The topological polar surface area (TPSA) is 102 Å². The van der Waals surface area contributed by atoms with Crippen molar-refractivity contribution < 1.29 is 4.74 Å². The van der Waals surface area contributed by atoms with Crippen molar-refractivity contribution in [3.63, 3.8) is 0 Å². The summed E-state index contributed by atoms with van der Waals surface area (Å²) in [6.45, 7) is 2.52. The van der Waals surface area contributed by atoms with Gasteiger partial charge < -0.3 is 15.8 Å². The molecule has 0 atom stereocenters. The van der Waals surface area contributed by atoms with Crippen molar-refractivity contribution in [1.82, 2.24) is 9.55 Å². The van der Waals surface area contributed by atoms with E-state index >= 15 is 0 Å². The molecule has 0 saturated heterocycles. The van der Waals surface area contributed by atoms with Crippen LogP contribution in [0.1, 0.15) is 12.5 Å². The van der Waals surface area contributed by atoms with Crippen LogP contribution in [-0.2, 0) is 13.1 Å². The highest BCUT2D eigenvalue weighted by Crippen LogP contribution is 2.19. The number of nitrogens with zero attached hydrogens (tertiary/aromatic N) is 1. The van der Waals surface area contributed by atoms with Gasteiger partial charge in [-0.15, -0.1) is 0 Å². The van der Waals surface area contributed by atoms with Gasteiger partial charge in [0.1, 0.15) is 17.3 Å². The van der Waals surface area contributed by atoms with E-state index in [1.54, 1.807) is 14.0 Å². The molecule has 1 aromatic carbocycles. The van der Waals surface area contributed by atoms with Crippen LogP contribution in [0, 0.1) is 0 Å². The lowest BCUT2D eigenvalue weighted by Crippen LogP contribution is -2.33. The number of aromatic amines is 1. The van der Waals surface area contributed by atoms with E-state index in [1.807, 2.05) is 24.3 Å². The molecule has 1 aromatic heterocycles. The lowest BCUT2D eigenvalue weighted by Gasteiger charge is -2.13. The number of anilines is 2. The number of H-pyrrole nitrogens is 1. The van der Waals surface area contributed by atoms with Gasteiger partial charge in [-0.1, -0.05) is 18.2 Å². The number of benzene rings is 1. The Morgan fingerprint density at radius 2 is 2.05 bits per heavy atom. The third-order valence-corrected chi connectivity index (χ3v) is 3.20. The van der Waals surface area contributed by atoms with Gasteiger partial charge in [-0.25, -0.2) is 4.79 Å². The molecule has 0 spiro atoms. The molecule has 0 amide bonds. The van der Waals surface area contributed by atoms with E-state index in [9.17, 15) is 9.59 Å². The normalized spacial score (nSPS) is 10.4. The summed E-state index contributed by atoms with van der Waals surface area (Å²) in [5.74, 6) is 0.838. The predicted molar refractivity (Wildman–Crippen MR) is 81.7 cm³/mol. The van der Waals surface area contributed by atoms with E-state index in [0.717, 1.165) is 5.56 Å². The molecule has 0 aliphatic rings. The minimum absolute atomic E-state index is 0.126. The van der Waals surface area contributed by atoms with Crippen molar-refractivity contribution in [2.24, 2.45) is 0 Å². The summed E-state index contributed by atoms with van der Waals surface area (Å²) in [6, 6.07) is 7.45. The summed E-state index contributed by atoms with van der Waals surface area (Å²) >= 11 is 0. The number of nitrogens with one attached hydrogen (secondary N) is 2. The molecule has 1 heterocycles. The zero-order valence-electron chi connectivity index (χ0n) is 12.0. The van der Waals surface area contributed by atoms with Crippen molar-refractivity contribution in [1.29, 1.82) is 0 Å². The van der Waals surface area contributed by atoms with Gasteiger partial charge in [0.25, 0.3) is 5.56 Å². The van der Waals surface area contributed by atoms with Crippen LogP contribution in [0.25, 0.3) is 0 Å². The molecule has 0 aliphatic heterocycles. The van der Waals surface area contributed by atoms with Gasteiger partial charge in [0, 0.05) is 18.7 Å². The van der Waals surface area contributed by atoms with Gasteiger partial charge in [0.15, 0.2) is 0 Å². The maximum atomic E-state index is 11.9. The van der Waals surface area contributed by atoms with Crippen molar-refractivity contribution in [2.75, 3.05) is 18.2 Å². The highest BCUT2D eigenvalue weighted by molar-refractivity contribution is 5.60. The highest BCUT2D eigenvalue weighted by Gasteiger charge is 2.11. The number of hydrogen-bond donors (Lipinski definition) is 3. The van der Waals surface area contributed by atoms with Gasteiger partial charge in [-0.2, -0.15) is 0 Å². The van der Waals surface area contributed by atoms with Crippen LogP contribution >= 0.6 is 0 Å². The van der Waals surface area contributed by atoms with Gasteiger partial charge >= 0.3 is 5.69 Å². The summed E-state index contributed by atoms with van der Waals surface area (Å²) in [6.07, 6.45) is 0. The SMILES string of the molecule is CCn1c(N)c(NCc2ccccc2OC)c(=O)[nH]c1=O. The van der Waals surface area contributed by atoms with Crippen LogP contribution in [0.3, 0.4) is 0 Å². The number of nitrogens with two attached hydrogens (primary N) is 1. The molecular formula is C14H18N4O3. The summed E-state index contributed by atoms with van der Waals surface area (Å²) in [5.41, 5.74) is 5.90. The third kappa shape index (κ3) is 2.91. The number of methoxy groups -OCH3 is 1.